The van der Waals surface area contributed by atoms with Gasteiger partial charge in [0.05, 0.1) is 5.39 Å². The van der Waals surface area contributed by atoms with E-state index in [4.69, 9.17) is 0 Å². The smallest absolute Gasteiger partial charge is 0.138 e. The summed E-state index contributed by atoms with van der Waals surface area (Å²) in [6, 6.07) is 3.97. The van der Waals surface area contributed by atoms with Crippen molar-refractivity contribution < 1.29 is 0 Å². The Morgan fingerprint density at radius 2 is 2.28 bits per heavy atom. The van der Waals surface area contributed by atoms with Crippen LogP contribution in [-0.4, -0.2) is 15.0 Å². The third-order valence-electron chi connectivity index (χ3n) is 2.74. The summed E-state index contributed by atoms with van der Waals surface area (Å²) in [6.45, 7) is 2.80. The molecule has 0 unspecified atom stereocenters. The molecule has 0 aromatic carbocycles. The summed E-state index contributed by atoms with van der Waals surface area (Å²) in [5.74, 6) is 0.891. The molecule has 4 nitrogen and oxygen atoms in total. The third kappa shape index (κ3) is 2.04. The van der Waals surface area contributed by atoms with Gasteiger partial charge in [0.25, 0.3) is 0 Å². The zero-order valence-electron chi connectivity index (χ0n) is 9.92. The lowest BCUT2D eigenvalue weighted by atomic mass is 10.2. The SMILES string of the molecule is Cc1csc2ncnc(NCc3cccnc3)c12. The number of nitrogens with zero attached hydrogens (tertiary/aromatic N) is 3. The molecule has 90 valence electrons. The van der Waals surface area contributed by atoms with Crippen LogP contribution in [0.3, 0.4) is 0 Å². The number of thiophene rings is 1. The number of hydrogen-bond donors (Lipinski definition) is 1. The van der Waals surface area contributed by atoms with Crippen LogP contribution in [0.15, 0.2) is 36.2 Å². The second-order valence-corrected chi connectivity index (χ2v) is 4.89. The first-order chi connectivity index (χ1) is 8.84. The fourth-order valence-corrected chi connectivity index (χ4v) is 2.73. The van der Waals surface area contributed by atoms with Gasteiger partial charge in [-0.15, -0.1) is 11.3 Å². The lowest BCUT2D eigenvalue weighted by Crippen LogP contribution is -2.02. The first kappa shape index (κ1) is 11.1. The van der Waals surface area contributed by atoms with Crippen LogP contribution in [0.5, 0.6) is 0 Å². The number of rotatable bonds is 3. The summed E-state index contributed by atoms with van der Waals surface area (Å²) in [6.07, 6.45) is 5.23. The summed E-state index contributed by atoms with van der Waals surface area (Å²) in [4.78, 5) is 13.7. The van der Waals surface area contributed by atoms with Crippen LogP contribution in [-0.2, 0) is 6.54 Å². The van der Waals surface area contributed by atoms with Gasteiger partial charge < -0.3 is 5.32 Å². The zero-order valence-corrected chi connectivity index (χ0v) is 10.7. The molecule has 18 heavy (non-hydrogen) atoms. The molecule has 3 rings (SSSR count). The summed E-state index contributed by atoms with van der Waals surface area (Å²) in [5.41, 5.74) is 2.35. The molecule has 0 spiro atoms. The highest BCUT2D eigenvalue weighted by atomic mass is 32.1. The number of hydrogen-bond acceptors (Lipinski definition) is 5. The zero-order chi connectivity index (χ0) is 12.4. The summed E-state index contributed by atoms with van der Waals surface area (Å²) in [7, 11) is 0. The van der Waals surface area contributed by atoms with E-state index in [1.54, 1.807) is 23.9 Å². The van der Waals surface area contributed by atoms with Crippen LogP contribution in [0, 0.1) is 6.92 Å². The normalized spacial score (nSPS) is 10.7. The first-order valence-electron chi connectivity index (χ1n) is 5.66. The van der Waals surface area contributed by atoms with Crippen LogP contribution in [0.25, 0.3) is 10.2 Å². The van der Waals surface area contributed by atoms with Crippen molar-refractivity contribution in [3.8, 4) is 0 Å². The Morgan fingerprint density at radius 1 is 1.33 bits per heavy atom. The van der Waals surface area contributed by atoms with E-state index in [-0.39, 0.29) is 0 Å². The number of anilines is 1. The highest BCUT2D eigenvalue weighted by Crippen LogP contribution is 2.28. The average molecular weight is 256 g/mol. The van der Waals surface area contributed by atoms with Crippen molar-refractivity contribution >= 4 is 27.4 Å². The Morgan fingerprint density at radius 3 is 3.11 bits per heavy atom. The van der Waals surface area contributed by atoms with Crippen molar-refractivity contribution in [3.63, 3.8) is 0 Å². The molecule has 0 radical (unpaired) electrons. The topological polar surface area (TPSA) is 50.7 Å². The Labute approximate surface area is 109 Å². The van der Waals surface area contributed by atoms with E-state index in [0.29, 0.717) is 0 Å². The summed E-state index contributed by atoms with van der Waals surface area (Å²) in [5, 5.41) is 6.57. The predicted octanol–water partition coefficient (Wildman–Crippen LogP) is 3.01. The molecular weight excluding hydrogens is 244 g/mol. The van der Waals surface area contributed by atoms with Crippen LogP contribution >= 0.6 is 11.3 Å². The van der Waals surface area contributed by atoms with E-state index in [9.17, 15) is 0 Å². The Kier molecular flexibility index (Phi) is 2.90. The van der Waals surface area contributed by atoms with E-state index in [0.717, 1.165) is 28.1 Å². The molecule has 3 aromatic heterocycles. The fourth-order valence-electron chi connectivity index (χ4n) is 1.84. The van der Waals surface area contributed by atoms with Gasteiger partial charge in [-0.25, -0.2) is 9.97 Å². The molecule has 5 heteroatoms. The number of aryl methyl sites for hydroxylation is 1. The monoisotopic (exact) mass is 256 g/mol. The second-order valence-electron chi connectivity index (χ2n) is 4.04. The lowest BCUT2D eigenvalue weighted by Gasteiger charge is -2.06. The van der Waals surface area contributed by atoms with E-state index in [1.165, 1.54) is 5.56 Å². The first-order valence-corrected chi connectivity index (χ1v) is 6.54. The van der Waals surface area contributed by atoms with Crippen LogP contribution in [0.1, 0.15) is 11.1 Å². The van der Waals surface area contributed by atoms with Crippen molar-refractivity contribution in [2.24, 2.45) is 0 Å². The van der Waals surface area contributed by atoms with Crippen molar-refractivity contribution in [3.05, 3.63) is 47.4 Å². The molecule has 0 amide bonds. The predicted molar refractivity (Wildman–Crippen MR) is 73.7 cm³/mol. The van der Waals surface area contributed by atoms with Crippen LogP contribution in [0.2, 0.25) is 0 Å². The van der Waals surface area contributed by atoms with E-state index in [1.807, 2.05) is 18.3 Å². The van der Waals surface area contributed by atoms with Gasteiger partial charge in [-0.3, -0.25) is 4.98 Å². The molecule has 0 aliphatic heterocycles. The third-order valence-corrected chi connectivity index (χ3v) is 3.74. The molecule has 0 saturated carbocycles. The van der Waals surface area contributed by atoms with E-state index in [2.05, 4.69) is 32.6 Å². The minimum absolute atomic E-state index is 0.717. The molecule has 0 aliphatic carbocycles. The molecule has 0 atom stereocenters. The highest BCUT2D eigenvalue weighted by molar-refractivity contribution is 7.17. The van der Waals surface area contributed by atoms with Gasteiger partial charge in [0, 0.05) is 18.9 Å². The van der Waals surface area contributed by atoms with Gasteiger partial charge in [0.15, 0.2) is 0 Å². The average Bonchev–Trinajstić information content (AvgIpc) is 2.80. The maximum absolute atomic E-state index is 4.32. The molecule has 3 heterocycles. The van der Waals surface area contributed by atoms with Crippen molar-refractivity contribution in [2.45, 2.75) is 13.5 Å². The molecule has 0 bridgehead atoms. The number of fused-ring (bicyclic) bond motifs is 1. The second kappa shape index (κ2) is 4.70. The van der Waals surface area contributed by atoms with E-state index >= 15 is 0 Å². The molecule has 3 aromatic rings. The van der Waals surface area contributed by atoms with Crippen molar-refractivity contribution in [1.29, 1.82) is 0 Å². The molecule has 0 saturated heterocycles. The van der Waals surface area contributed by atoms with Gasteiger partial charge in [-0.2, -0.15) is 0 Å². The summed E-state index contributed by atoms with van der Waals surface area (Å²) >= 11 is 1.65. The van der Waals surface area contributed by atoms with Crippen LogP contribution in [0.4, 0.5) is 5.82 Å². The van der Waals surface area contributed by atoms with Gasteiger partial charge in [-0.05, 0) is 29.5 Å². The van der Waals surface area contributed by atoms with Gasteiger partial charge in [0.1, 0.15) is 17.0 Å². The number of nitrogens with one attached hydrogen (secondary N) is 1. The number of aromatic nitrogens is 3. The minimum Gasteiger partial charge on any atom is -0.365 e. The summed E-state index contributed by atoms with van der Waals surface area (Å²) < 4.78 is 0. The highest BCUT2D eigenvalue weighted by Gasteiger charge is 2.07. The molecule has 0 aliphatic rings. The standard InChI is InChI=1S/C13H12N4S/c1-9-7-18-13-11(9)12(16-8-17-13)15-6-10-3-2-4-14-5-10/h2-5,7-8H,6H2,1H3,(H,15,16,17). The molecule has 0 fully saturated rings. The maximum Gasteiger partial charge on any atom is 0.138 e. The molecule has 1 N–H and O–H groups in total. The maximum atomic E-state index is 4.32. The fraction of sp³-hybridized carbons (Fsp3) is 0.154. The van der Waals surface area contributed by atoms with Gasteiger partial charge in [-0.1, -0.05) is 6.07 Å². The van der Waals surface area contributed by atoms with E-state index < -0.39 is 0 Å². The van der Waals surface area contributed by atoms with Crippen molar-refractivity contribution in [2.75, 3.05) is 5.32 Å². The minimum atomic E-state index is 0.717. The Balaban J connectivity index is 1.89. The van der Waals surface area contributed by atoms with Crippen molar-refractivity contribution in [1.82, 2.24) is 15.0 Å². The largest absolute Gasteiger partial charge is 0.365 e. The number of pyridine rings is 1. The van der Waals surface area contributed by atoms with Gasteiger partial charge in [0.2, 0.25) is 0 Å². The lowest BCUT2D eigenvalue weighted by molar-refractivity contribution is 1.08. The van der Waals surface area contributed by atoms with Crippen LogP contribution < -0.4 is 5.32 Å². The quantitative estimate of drug-likeness (QED) is 0.782. The van der Waals surface area contributed by atoms with Gasteiger partial charge >= 0.3 is 0 Å². The molecular formula is C13H12N4S. The Bertz CT molecular complexity index is 663. The Hall–Kier alpha value is -2.01.